The van der Waals surface area contributed by atoms with Crippen LogP contribution in [-0.4, -0.2) is 32.7 Å². The van der Waals surface area contributed by atoms with E-state index in [1.165, 1.54) is 20.2 Å². The fraction of sp³-hybridized carbons (Fsp3) is 0.136. The molecule has 0 spiro atoms. The molecule has 1 N–H and O–H groups in total. The van der Waals surface area contributed by atoms with E-state index in [1.807, 2.05) is 42.5 Å². The van der Waals surface area contributed by atoms with E-state index in [0.717, 1.165) is 15.4 Å². The minimum Gasteiger partial charge on any atom is -0.322 e. The molecule has 0 aliphatic rings. The van der Waals surface area contributed by atoms with Crippen LogP contribution in [0.1, 0.15) is 15.9 Å². The Morgan fingerprint density at radius 1 is 0.857 bits per heavy atom. The summed E-state index contributed by atoms with van der Waals surface area (Å²) in [6.45, 7) is 1.73. The van der Waals surface area contributed by atoms with Crippen molar-refractivity contribution in [3.05, 3.63) is 83.9 Å². The van der Waals surface area contributed by atoms with Crippen molar-refractivity contribution in [2.75, 3.05) is 19.4 Å². The minimum atomic E-state index is -3.58. The Bertz CT molecular complexity index is 1090. The second kappa shape index (κ2) is 7.96. The van der Waals surface area contributed by atoms with E-state index >= 15 is 0 Å². The summed E-state index contributed by atoms with van der Waals surface area (Å²) in [5, 5.41) is 2.77. The number of anilines is 1. The lowest BCUT2D eigenvalue weighted by Gasteiger charge is -2.15. The Hall–Kier alpha value is -2.96. The maximum absolute atomic E-state index is 12.6. The van der Waals surface area contributed by atoms with Crippen LogP contribution in [0.5, 0.6) is 0 Å². The van der Waals surface area contributed by atoms with Gasteiger partial charge in [0.25, 0.3) is 5.91 Å². The van der Waals surface area contributed by atoms with Gasteiger partial charge >= 0.3 is 0 Å². The molecule has 28 heavy (non-hydrogen) atoms. The fourth-order valence-corrected chi connectivity index (χ4v) is 3.94. The number of carbonyl (C=O) groups excluding carboxylic acids is 1. The van der Waals surface area contributed by atoms with Gasteiger partial charge in [-0.1, -0.05) is 48.5 Å². The third kappa shape index (κ3) is 4.13. The number of nitrogens with zero attached hydrogens (tertiary/aromatic N) is 1. The summed E-state index contributed by atoms with van der Waals surface area (Å²) in [6.07, 6.45) is 0. The van der Waals surface area contributed by atoms with Crippen LogP contribution in [0.25, 0.3) is 11.1 Å². The van der Waals surface area contributed by atoms with E-state index in [2.05, 4.69) is 5.32 Å². The first kappa shape index (κ1) is 19.8. The Balaban J connectivity index is 1.82. The molecule has 3 aromatic carbocycles. The number of benzene rings is 3. The molecule has 0 bridgehead atoms. The fourth-order valence-electron chi connectivity index (χ4n) is 2.80. The van der Waals surface area contributed by atoms with Gasteiger partial charge in [0.1, 0.15) is 0 Å². The molecular weight excluding hydrogens is 372 g/mol. The van der Waals surface area contributed by atoms with Gasteiger partial charge in [-0.3, -0.25) is 4.79 Å². The highest BCUT2D eigenvalue weighted by molar-refractivity contribution is 7.89. The van der Waals surface area contributed by atoms with Crippen LogP contribution in [0.15, 0.2) is 77.7 Å². The van der Waals surface area contributed by atoms with Crippen LogP contribution in [0.2, 0.25) is 0 Å². The average molecular weight is 394 g/mol. The van der Waals surface area contributed by atoms with Crippen molar-refractivity contribution in [1.82, 2.24) is 4.31 Å². The molecule has 0 saturated carbocycles. The van der Waals surface area contributed by atoms with Crippen LogP contribution in [0.4, 0.5) is 5.69 Å². The third-order valence-electron chi connectivity index (χ3n) is 4.46. The number of amides is 1. The molecule has 5 nitrogen and oxygen atoms in total. The van der Waals surface area contributed by atoms with Crippen LogP contribution >= 0.6 is 0 Å². The predicted octanol–water partition coefficient (Wildman–Crippen LogP) is 4.16. The van der Waals surface area contributed by atoms with Crippen LogP contribution in [0, 0.1) is 6.92 Å². The van der Waals surface area contributed by atoms with E-state index in [4.69, 9.17) is 0 Å². The predicted molar refractivity (Wildman–Crippen MR) is 112 cm³/mol. The molecule has 6 heteroatoms. The summed E-state index contributed by atoms with van der Waals surface area (Å²) in [4.78, 5) is 12.7. The van der Waals surface area contributed by atoms with Crippen molar-refractivity contribution in [2.45, 2.75) is 11.8 Å². The van der Waals surface area contributed by atoms with Crippen molar-refractivity contribution in [3.63, 3.8) is 0 Å². The minimum absolute atomic E-state index is 0.176. The van der Waals surface area contributed by atoms with Crippen molar-refractivity contribution >= 4 is 21.6 Å². The van der Waals surface area contributed by atoms with Gasteiger partial charge in [0.05, 0.1) is 4.90 Å². The number of sulfonamides is 1. The number of hydrogen-bond donors (Lipinski definition) is 1. The SMILES string of the molecule is Cc1ccc(NC(=O)c2ccc(-c3ccccc3)cc2)cc1S(=O)(=O)N(C)C. The van der Waals surface area contributed by atoms with Crippen molar-refractivity contribution in [1.29, 1.82) is 0 Å². The monoisotopic (exact) mass is 394 g/mol. The molecule has 3 rings (SSSR count). The number of carbonyl (C=O) groups is 1. The molecule has 144 valence electrons. The number of aryl methyl sites for hydroxylation is 1. The van der Waals surface area contributed by atoms with Gasteiger partial charge in [0.15, 0.2) is 0 Å². The van der Waals surface area contributed by atoms with E-state index in [9.17, 15) is 13.2 Å². The standard InChI is InChI=1S/C22H22N2O3S/c1-16-9-14-20(15-21(16)28(26,27)24(2)3)23-22(25)19-12-10-18(11-13-19)17-7-5-4-6-8-17/h4-15H,1-3H3,(H,23,25). The third-order valence-corrected chi connectivity index (χ3v) is 6.42. The lowest BCUT2D eigenvalue weighted by Crippen LogP contribution is -2.23. The summed E-state index contributed by atoms with van der Waals surface area (Å²) in [5.74, 6) is -0.295. The molecule has 0 radical (unpaired) electrons. The van der Waals surface area contributed by atoms with E-state index in [0.29, 0.717) is 16.8 Å². The quantitative estimate of drug-likeness (QED) is 0.706. The molecule has 0 heterocycles. The van der Waals surface area contributed by atoms with E-state index < -0.39 is 10.0 Å². The Morgan fingerprint density at radius 3 is 2.07 bits per heavy atom. The van der Waals surface area contributed by atoms with Gasteiger partial charge in [-0.15, -0.1) is 0 Å². The van der Waals surface area contributed by atoms with Crippen molar-refractivity contribution in [3.8, 4) is 11.1 Å². The van der Waals surface area contributed by atoms with Gasteiger partial charge in [0, 0.05) is 25.3 Å². The normalized spacial score (nSPS) is 11.4. The summed E-state index contributed by atoms with van der Waals surface area (Å²) in [5.41, 5.74) is 3.65. The Labute approximate surface area is 165 Å². The molecule has 0 saturated heterocycles. The maximum Gasteiger partial charge on any atom is 0.255 e. The first-order valence-corrected chi connectivity index (χ1v) is 10.2. The summed E-state index contributed by atoms with van der Waals surface area (Å²) in [6, 6.07) is 22.1. The second-order valence-electron chi connectivity index (χ2n) is 6.67. The molecule has 1 amide bonds. The molecular formula is C22H22N2O3S. The summed E-state index contributed by atoms with van der Waals surface area (Å²) < 4.78 is 26.0. The van der Waals surface area contributed by atoms with Crippen LogP contribution in [0.3, 0.4) is 0 Å². The zero-order valence-electron chi connectivity index (χ0n) is 16.0. The largest absolute Gasteiger partial charge is 0.322 e. The number of nitrogens with one attached hydrogen (secondary N) is 1. The van der Waals surface area contributed by atoms with Crippen molar-refractivity contribution < 1.29 is 13.2 Å². The van der Waals surface area contributed by atoms with Crippen molar-refractivity contribution in [2.24, 2.45) is 0 Å². The molecule has 0 atom stereocenters. The highest BCUT2D eigenvalue weighted by Crippen LogP contribution is 2.23. The lowest BCUT2D eigenvalue weighted by molar-refractivity contribution is 0.102. The smallest absolute Gasteiger partial charge is 0.255 e. The van der Waals surface area contributed by atoms with Gasteiger partial charge in [-0.05, 0) is 47.9 Å². The van der Waals surface area contributed by atoms with Gasteiger partial charge < -0.3 is 5.32 Å². The first-order valence-electron chi connectivity index (χ1n) is 8.79. The van der Waals surface area contributed by atoms with Gasteiger partial charge in [0.2, 0.25) is 10.0 Å². The van der Waals surface area contributed by atoms with Gasteiger partial charge in [-0.2, -0.15) is 0 Å². The first-order chi connectivity index (χ1) is 13.3. The molecule has 0 fully saturated rings. The molecule has 0 unspecified atom stereocenters. The summed E-state index contributed by atoms with van der Waals surface area (Å²) >= 11 is 0. The van der Waals surface area contributed by atoms with Crippen LogP contribution in [-0.2, 0) is 10.0 Å². The van der Waals surface area contributed by atoms with E-state index in [-0.39, 0.29) is 10.8 Å². The molecule has 3 aromatic rings. The topological polar surface area (TPSA) is 66.5 Å². The van der Waals surface area contributed by atoms with Gasteiger partial charge in [-0.25, -0.2) is 12.7 Å². The Kier molecular flexibility index (Phi) is 5.63. The molecule has 0 aliphatic heterocycles. The zero-order valence-corrected chi connectivity index (χ0v) is 16.8. The number of hydrogen-bond acceptors (Lipinski definition) is 3. The number of rotatable bonds is 5. The average Bonchev–Trinajstić information content (AvgIpc) is 2.70. The Morgan fingerprint density at radius 2 is 1.46 bits per heavy atom. The lowest BCUT2D eigenvalue weighted by atomic mass is 10.0. The maximum atomic E-state index is 12.6. The summed E-state index contributed by atoms with van der Waals surface area (Å²) in [7, 11) is -0.624. The second-order valence-corrected chi connectivity index (χ2v) is 8.79. The van der Waals surface area contributed by atoms with Crippen LogP contribution < -0.4 is 5.32 Å². The highest BCUT2D eigenvalue weighted by atomic mass is 32.2. The van der Waals surface area contributed by atoms with E-state index in [1.54, 1.807) is 31.2 Å². The highest BCUT2D eigenvalue weighted by Gasteiger charge is 2.20. The molecule has 0 aliphatic carbocycles. The zero-order chi connectivity index (χ0) is 20.3. The molecule has 0 aromatic heterocycles.